The first kappa shape index (κ1) is 17.8. The minimum absolute atomic E-state index is 0.140. The number of anilines is 2. The maximum absolute atomic E-state index is 12.6. The predicted octanol–water partition coefficient (Wildman–Crippen LogP) is 4.76. The third-order valence-electron chi connectivity index (χ3n) is 3.75. The molecule has 0 aromatic heterocycles. The lowest BCUT2D eigenvalue weighted by molar-refractivity contribution is -0.137. The molecule has 0 radical (unpaired) electrons. The minimum atomic E-state index is -4.43. The molecule has 0 aliphatic rings. The average molecular weight is 336 g/mol. The number of alkyl halides is 3. The second-order valence-electron chi connectivity index (χ2n) is 5.55. The van der Waals surface area contributed by atoms with Gasteiger partial charge in [-0.25, -0.2) is 0 Å². The van der Waals surface area contributed by atoms with Crippen molar-refractivity contribution in [2.45, 2.75) is 26.4 Å². The third-order valence-corrected chi connectivity index (χ3v) is 3.75. The van der Waals surface area contributed by atoms with Gasteiger partial charge in [-0.1, -0.05) is 18.2 Å². The molecule has 128 valence electrons. The molecule has 2 aromatic rings. The molecule has 0 bridgehead atoms. The van der Waals surface area contributed by atoms with E-state index in [0.29, 0.717) is 6.54 Å². The van der Waals surface area contributed by atoms with E-state index in [4.69, 9.17) is 0 Å². The summed E-state index contributed by atoms with van der Waals surface area (Å²) in [5.41, 5.74) is 2.56. The SMILES string of the molecule is Cc1cccc(NCCC(=O)Nc2cccc(C(F)(F)F)c2)c1C. The van der Waals surface area contributed by atoms with Crippen molar-refractivity contribution in [3.05, 3.63) is 59.2 Å². The monoisotopic (exact) mass is 336 g/mol. The number of amides is 1. The van der Waals surface area contributed by atoms with Gasteiger partial charge in [-0.15, -0.1) is 0 Å². The summed E-state index contributed by atoms with van der Waals surface area (Å²) in [7, 11) is 0. The van der Waals surface area contributed by atoms with Gasteiger partial charge in [0.1, 0.15) is 0 Å². The van der Waals surface area contributed by atoms with Crippen molar-refractivity contribution in [1.29, 1.82) is 0 Å². The van der Waals surface area contributed by atoms with E-state index in [9.17, 15) is 18.0 Å². The molecular weight excluding hydrogens is 317 g/mol. The molecule has 0 aliphatic heterocycles. The van der Waals surface area contributed by atoms with Crippen LogP contribution < -0.4 is 10.6 Å². The Labute approximate surface area is 138 Å². The van der Waals surface area contributed by atoms with Gasteiger partial charge in [0.15, 0.2) is 0 Å². The van der Waals surface area contributed by atoms with Gasteiger partial charge >= 0.3 is 6.18 Å². The first-order chi connectivity index (χ1) is 11.3. The van der Waals surface area contributed by atoms with Gasteiger partial charge in [0.05, 0.1) is 5.56 Å². The van der Waals surface area contributed by atoms with Crippen molar-refractivity contribution in [2.24, 2.45) is 0 Å². The summed E-state index contributed by atoms with van der Waals surface area (Å²) >= 11 is 0. The number of carbonyl (C=O) groups is 1. The van der Waals surface area contributed by atoms with Crippen molar-refractivity contribution in [2.75, 3.05) is 17.2 Å². The van der Waals surface area contributed by atoms with Crippen LogP contribution in [0.4, 0.5) is 24.5 Å². The molecule has 0 fully saturated rings. The number of halogens is 3. The summed E-state index contributed by atoms with van der Waals surface area (Å²) in [6, 6.07) is 10.5. The van der Waals surface area contributed by atoms with Crippen LogP contribution in [-0.2, 0) is 11.0 Å². The van der Waals surface area contributed by atoms with E-state index in [-0.39, 0.29) is 18.0 Å². The number of nitrogens with one attached hydrogen (secondary N) is 2. The third kappa shape index (κ3) is 4.75. The van der Waals surface area contributed by atoms with Crippen LogP contribution in [0.2, 0.25) is 0 Å². The van der Waals surface area contributed by atoms with Crippen molar-refractivity contribution in [3.8, 4) is 0 Å². The first-order valence-corrected chi connectivity index (χ1v) is 7.54. The van der Waals surface area contributed by atoms with E-state index < -0.39 is 11.7 Å². The lowest BCUT2D eigenvalue weighted by Crippen LogP contribution is -2.17. The smallest absolute Gasteiger partial charge is 0.384 e. The normalized spacial score (nSPS) is 11.2. The number of benzene rings is 2. The number of carbonyl (C=O) groups excluding carboxylic acids is 1. The Bertz CT molecular complexity index is 726. The maximum Gasteiger partial charge on any atom is 0.416 e. The fourth-order valence-electron chi connectivity index (χ4n) is 2.25. The van der Waals surface area contributed by atoms with Gasteiger partial charge in [-0.3, -0.25) is 4.79 Å². The molecule has 3 nitrogen and oxygen atoms in total. The van der Waals surface area contributed by atoms with Crippen LogP contribution in [0, 0.1) is 13.8 Å². The Kier molecular flexibility index (Phi) is 5.49. The van der Waals surface area contributed by atoms with Crippen LogP contribution >= 0.6 is 0 Å². The van der Waals surface area contributed by atoms with Gasteiger partial charge in [0, 0.05) is 24.3 Å². The van der Waals surface area contributed by atoms with Gasteiger partial charge in [-0.05, 0) is 49.2 Å². The Morgan fingerprint density at radius 2 is 1.79 bits per heavy atom. The molecule has 0 saturated heterocycles. The summed E-state index contributed by atoms with van der Waals surface area (Å²) in [5, 5.41) is 5.65. The van der Waals surface area contributed by atoms with Gasteiger partial charge < -0.3 is 10.6 Å². The molecule has 0 spiro atoms. The zero-order valence-corrected chi connectivity index (χ0v) is 13.5. The summed E-state index contributed by atoms with van der Waals surface area (Å²) in [5.74, 6) is -0.341. The Morgan fingerprint density at radius 3 is 2.50 bits per heavy atom. The van der Waals surface area contributed by atoms with Gasteiger partial charge in [-0.2, -0.15) is 13.2 Å². The molecule has 2 N–H and O–H groups in total. The Morgan fingerprint density at radius 1 is 1.08 bits per heavy atom. The number of rotatable bonds is 5. The lowest BCUT2D eigenvalue weighted by atomic mass is 10.1. The fourth-order valence-corrected chi connectivity index (χ4v) is 2.25. The zero-order valence-electron chi connectivity index (χ0n) is 13.5. The van der Waals surface area contributed by atoms with E-state index in [1.165, 1.54) is 12.1 Å². The highest BCUT2D eigenvalue weighted by Gasteiger charge is 2.30. The standard InChI is InChI=1S/C18H19F3N2O/c1-12-5-3-8-16(13(12)2)22-10-9-17(24)23-15-7-4-6-14(11-15)18(19,20)21/h3-8,11,22H,9-10H2,1-2H3,(H,23,24). The molecular formula is C18H19F3N2O. The van der Waals surface area contributed by atoms with Crippen molar-refractivity contribution < 1.29 is 18.0 Å². The number of aryl methyl sites for hydroxylation is 1. The number of hydrogen-bond donors (Lipinski definition) is 2. The van der Waals surface area contributed by atoms with Crippen LogP contribution in [0.25, 0.3) is 0 Å². The molecule has 0 heterocycles. The highest BCUT2D eigenvalue weighted by Crippen LogP contribution is 2.30. The molecule has 6 heteroatoms. The van der Waals surface area contributed by atoms with Gasteiger partial charge in [0.2, 0.25) is 5.91 Å². The summed E-state index contributed by atoms with van der Waals surface area (Å²) in [6.45, 7) is 4.39. The Hall–Kier alpha value is -2.50. The van der Waals surface area contributed by atoms with Crippen LogP contribution in [-0.4, -0.2) is 12.5 Å². The lowest BCUT2D eigenvalue weighted by Gasteiger charge is -2.12. The quantitative estimate of drug-likeness (QED) is 0.826. The average Bonchev–Trinajstić information content (AvgIpc) is 2.51. The van der Waals surface area contributed by atoms with E-state index in [1.54, 1.807) is 0 Å². The largest absolute Gasteiger partial charge is 0.416 e. The van der Waals surface area contributed by atoms with Crippen molar-refractivity contribution >= 4 is 17.3 Å². The molecule has 0 saturated carbocycles. The minimum Gasteiger partial charge on any atom is -0.384 e. The van der Waals surface area contributed by atoms with E-state index in [2.05, 4.69) is 10.6 Å². The summed E-state index contributed by atoms with van der Waals surface area (Å²) in [6.07, 6.45) is -4.27. The van der Waals surface area contributed by atoms with Crippen LogP contribution in [0.3, 0.4) is 0 Å². The highest BCUT2D eigenvalue weighted by molar-refractivity contribution is 5.91. The van der Waals surface area contributed by atoms with E-state index in [0.717, 1.165) is 28.9 Å². The second-order valence-corrected chi connectivity index (χ2v) is 5.55. The van der Waals surface area contributed by atoms with E-state index in [1.807, 2.05) is 32.0 Å². The maximum atomic E-state index is 12.6. The van der Waals surface area contributed by atoms with Crippen LogP contribution in [0.5, 0.6) is 0 Å². The molecule has 1 amide bonds. The fraction of sp³-hybridized carbons (Fsp3) is 0.278. The molecule has 0 aliphatic carbocycles. The van der Waals surface area contributed by atoms with Crippen LogP contribution in [0.15, 0.2) is 42.5 Å². The molecule has 2 rings (SSSR count). The summed E-state index contributed by atoms with van der Waals surface area (Å²) < 4.78 is 37.9. The first-order valence-electron chi connectivity index (χ1n) is 7.54. The van der Waals surface area contributed by atoms with Crippen molar-refractivity contribution in [3.63, 3.8) is 0 Å². The molecule has 2 aromatic carbocycles. The topological polar surface area (TPSA) is 41.1 Å². The van der Waals surface area contributed by atoms with Crippen molar-refractivity contribution in [1.82, 2.24) is 0 Å². The zero-order chi connectivity index (χ0) is 17.7. The highest BCUT2D eigenvalue weighted by atomic mass is 19.4. The predicted molar refractivity (Wildman–Crippen MR) is 89.1 cm³/mol. The summed E-state index contributed by atoms with van der Waals surface area (Å²) in [4.78, 5) is 11.9. The Balaban J connectivity index is 1.89. The number of hydrogen-bond acceptors (Lipinski definition) is 2. The molecule has 0 unspecified atom stereocenters. The molecule has 0 atom stereocenters. The second kappa shape index (κ2) is 7.38. The van der Waals surface area contributed by atoms with Crippen LogP contribution in [0.1, 0.15) is 23.1 Å². The van der Waals surface area contributed by atoms with E-state index >= 15 is 0 Å². The molecule has 24 heavy (non-hydrogen) atoms. The van der Waals surface area contributed by atoms with Gasteiger partial charge in [0.25, 0.3) is 0 Å².